The van der Waals surface area contributed by atoms with Crippen LogP contribution < -0.4 is 0 Å². The van der Waals surface area contributed by atoms with E-state index in [9.17, 15) is 5.26 Å². The molecule has 3 heterocycles. The first-order chi connectivity index (χ1) is 24.6. The number of fused-ring (bicyclic) bond motifs is 3. The third-order valence-electron chi connectivity index (χ3n) is 7.97. The van der Waals surface area contributed by atoms with Crippen LogP contribution in [0.3, 0.4) is 0 Å². The summed E-state index contributed by atoms with van der Waals surface area (Å²) in [6.45, 7) is 13.3. The molecule has 4 nitrogen and oxygen atoms in total. The van der Waals surface area contributed by atoms with Crippen molar-refractivity contribution in [3.05, 3.63) is 144 Å². The quantitative estimate of drug-likeness (QED) is 0.167. The molecule has 0 unspecified atom stereocenters. The molecule has 0 saturated carbocycles. The molecule has 48 heavy (non-hydrogen) atoms. The van der Waals surface area contributed by atoms with E-state index in [4.69, 9.17) is 11.3 Å². The van der Waals surface area contributed by atoms with Gasteiger partial charge in [-0.05, 0) is 45.5 Å². The molecule has 4 aromatic carbocycles. The van der Waals surface area contributed by atoms with E-state index in [-0.39, 0.29) is 53.2 Å². The molecule has 0 fully saturated rings. The number of rotatable bonds is 3. The molecular weight excluding hydrogens is 767 g/mol. The van der Waals surface area contributed by atoms with Crippen molar-refractivity contribution in [2.24, 2.45) is 0 Å². The van der Waals surface area contributed by atoms with Gasteiger partial charge in [-0.3, -0.25) is 0 Å². The van der Waals surface area contributed by atoms with Gasteiger partial charge in [-0.15, -0.1) is 53.6 Å². The molecule has 7 rings (SSSR count). The zero-order valence-corrected chi connectivity index (χ0v) is 30.1. The Morgan fingerprint density at radius 1 is 0.750 bits per heavy atom. The van der Waals surface area contributed by atoms with Gasteiger partial charge in [-0.25, -0.2) is 0 Å². The van der Waals surface area contributed by atoms with Crippen LogP contribution in [0.25, 0.3) is 55.6 Å². The summed E-state index contributed by atoms with van der Waals surface area (Å²) >= 11 is 0. The maximum atomic E-state index is 9.76. The first-order valence-electron chi connectivity index (χ1n) is 17.9. The van der Waals surface area contributed by atoms with Crippen molar-refractivity contribution in [1.29, 1.82) is 5.26 Å². The van der Waals surface area contributed by atoms with Gasteiger partial charge in [0.25, 0.3) is 0 Å². The molecule has 5 heteroatoms. The Hall–Kier alpha value is -4.88. The number of nitriles is 1. The van der Waals surface area contributed by atoms with Crippen LogP contribution in [0, 0.1) is 23.5 Å². The summed E-state index contributed by atoms with van der Waals surface area (Å²) in [7, 11) is 0. The van der Waals surface area contributed by atoms with Crippen LogP contribution in [0.1, 0.15) is 65.1 Å². The van der Waals surface area contributed by atoms with Crippen LogP contribution in [0.5, 0.6) is 0 Å². The summed E-state index contributed by atoms with van der Waals surface area (Å²) in [6, 6.07) is 29.2. The largest absolute Gasteiger partial charge is 0.500 e. The van der Waals surface area contributed by atoms with Crippen LogP contribution in [0.4, 0.5) is 0 Å². The number of hydrogen-bond acceptors (Lipinski definition) is 4. The molecular formula is C43H37IrN3O-2. The van der Waals surface area contributed by atoms with Crippen molar-refractivity contribution in [3.8, 4) is 39.7 Å². The van der Waals surface area contributed by atoms with Crippen LogP contribution in [0.15, 0.2) is 120 Å². The predicted octanol–water partition coefficient (Wildman–Crippen LogP) is 11.1. The van der Waals surface area contributed by atoms with Gasteiger partial charge in [0.05, 0.1) is 24.1 Å². The summed E-state index contributed by atoms with van der Waals surface area (Å²) in [5, 5.41) is 11.2. The predicted molar refractivity (Wildman–Crippen MR) is 192 cm³/mol. The standard InChI is InChI=1S/C24H13N2O.C19H24N.Ir/c25-15-17-12-13-19-18-9-6-10-20(21-11-4-5-14-26-21)23(18)27-24(19)22(17)16-7-2-1-3-8-16;1-18(2,3)15-9-7-8-14(12-15)17-11-10-16(13-20-17)19(4,5)6;/h1-9,11-14H;7,9-13H,1-6H3;/q2*-1;/i1D,2D,3D,7D,8D;;. The molecule has 0 atom stereocenters. The van der Waals surface area contributed by atoms with E-state index in [0.717, 1.165) is 16.6 Å². The number of pyridine rings is 2. The molecule has 0 aliphatic rings. The fourth-order valence-electron chi connectivity index (χ4n) is 5.30. The van der Waals surface area contributed by atoms with Crippen LogP contribution in [0.2, 0.25) is 0 Å². The van der Waals surface area contributed by atoms with Crippen LogP contribution in [-0.2, 0) is 30.9 Å². The second-order valence-electron chi connectivity index (χ2n) is 13.3. The first-order valence-corrected chi connectivity index (χ1v) is 15.4. The van der Waals surface area contributed by atoms with Crippen molar-refractivity contribution in [2.45, 2.75) is 52.4 Å². The van der Waals surface area contributed by atoms with Crippen LogP contribution in [-0.4, -0.2) is 9.97 Å². The smallest absolute Gasteiger partial charge is 0.130 e. The Balaban J connectivity index is 0.000000223. The minimum Gasteiger partial charge on any atom is -0.500 e. The molecule has 241 valence electrons. The third kappa shape index (κ3) is 7.16. The maximum Gasteiger partial charge on any atom is 0.130 e. The van der Waals surface area contributed by atoms with Gasteiger partial charge in [0.1, 0.15) is 5.58 Å². The average Bonchev–Trinajstić information content (AvgIpc) is 3.52. The van der Waals surface area contributed by atoms with Crippen molar-refractivity contribution in [2.75, 3.05) is 0 Å². The maximum absolute atomic E-state index is 9.76. The normalized spacial score (nSPS) is 12.8. The summed E-state index contributed by atoms with van der Waals surface area (Å²) in [5.74, 6) is 0. The van der Waals surface area contributed by atoms with Gasteiger partial charge in [-0.2, -0.15) is 5.26 Å². The van der Waals surface area contributed by atoms with Gasteiger partial charge in [0.2, 0.25) is 0 Å². The zero-order chi connectivity index (χ0) is 37.5. The summed E-state index contributed by atoms with van der Waals surface area (Å²) in [6.07, 6.45) is 3.64. The van der Waals surface area contributed by atoms with E-state index in [0.29, 0.717) is 22.2 Å². The summed E-state index contributed by atoms with van der Waals surface area (Å²) in [4.78, 5) is 8.98. The molecule has 0 aliphatic heterocycles. The van der Waals surface area contributed by atoms with E-state index >= 15 is 0 Å². The van der Waals surface area contributed by atoms with Crippen molar-refractivity contribution < 1.29 is 31.4 Å². The molecule has 0 amide bonds. The van der Waals surface area contributed by atoms with E-state index in [1.807, 2.05) is 30.5 Å². The molecule has 0 bridgehead atoms. The van der Waals surface area contributed by atoms with Crippen molar-refractivity contribution in [3.63, 3.8) is 0 Å². The number of hydrogen-bond donors (Lipinski definition) is 0. The fraction of sp³-hybridized carbons (Fsp3) is 0.186. The fourth-order valence-corrected chi connectivity index (χ4v) is 5.30. The number of benzene rings is 4. The van der Waals surface area contributed by atoms with E-state index < -0.39 is 30.2 Å². The number of aromatic nitrogens is 2. The Labute approximate surface area is 303 Å². The van der Waals surface area contributed by atoms with Gasteiger partial charge >= 0.3 is 0 Å². The van der Waals surface area contributed by atoms with Gasteiger partial charge < -0.3 is 14.4 Å². The van der Waals surface area contributed by atoms with Crippen LogP contribution >= 0.6 is 0 Å². The van der Waals surface area contributed by atoms with E-state index in [1.54, 1.807) is 30.5 Å². The third-order valence-corrected chi connectivity index (χ3v) is 7.97. The molecule has 0 N–H and O–H groups in total. The average molecular weight is 809 g/mol. The summed E-state index contributed by atoms with van der Waals surface area (Å²) in [5.41, 5.74) is 7.22. The number of nitrogens with zero attached hydrogens (tertiary/aromatic N) is 3. The summed E-state index contributed by atoms with van der Waals surface area (Å²) < 4.78 is 47.0. The van der Waals surface area contributed by atoms with E-state index in [1.165, 1.54) is 11.1 Å². The molecule has 0 spiro atoms. The molecule has 0 saturated heterocycles. The molecule has 1 radical (unpaired) electrons. The Bertz CT molecular complexity index is 2470. The number of furan rings is 1. The minimum absolute atomic E-state index is 0. The first kappa shape index (κ1) is 28.2. The SMILES string of the molecule is CC(C)(C)c1ccc(-c2[c-]ccc(C(C)(C)C)c2)nc1.[2H]c1c([2H])c([2H])c(-c2c(C#N)ccc3c2oc2c(-c4ccccn4)[c-]ccc23)c([2H])c1[2H].[Ir]. The minimum atomic E-state index is -0.494. The zero-order valence-electron chi connectivity index (χ0n) is 32.7. The van der Waals surface area contributed by atoms with E-state index in [2.05, 4.69) is 94.0 Å². The Morgan fingerprint density at radius 2 is 1.48 bits per heavy atom. The monoisotopic (exact) mass is 809 g/mol. The van der Waals surface area contributed by atoms with Gasteiger partial charge in [0, 0.05) is 43.4 Å². The topological polar surface area (TPSA) is 62.7 Å². The van der Waals surface area contributed by atoms with Gasteiger partial charge in [0.15, 0.2) is 0 Å². The van der Waals surface area contributed by atoms with Crippen molar-refractivity contribution >= 4 is 21.9 Å². The van der Waals surface area contributed by atoms with Crippen molar-refractivity contribution in [1.82, 2.24) is 9.97 Å². The van der Waals surface area contributed by atoms with Gasteiger partial charge in [-0.1, -0.05) is 113 Å². The molecule has 0 aliphatic carbocycles. The molecule has 7 aromatic rings. The second-order valence-corrected chi connectivity index (χ2v) is 13.3. The second kappa shape index (κ2) is 14.1. The Morgan fingerprint density at radius 3 is 2.12 bits per heavy atom. The molecule has 3 aromatic heterocycles. The Kier molecular flexibility index (Phi) is 8.26.